The zero-order chi connectivity index (χ0) is 24.4. The summed E-state index contributed by atoms with van der Waals surface area (Å²) in [5.74, 6) is 3.39. The topological polar surface area (TPSA) is 44.2 Å². The maximum atomic E-state index is 5.94. The molecule has 0 saturated heterocycles. The van der Waals surface area contributed by atoms with Gasteiger partial charge in [-0.3, -0.25) is 0 Å². The molecule has 0 spiro atoms. The summed E-state index contributed by atoms with van der Waals surface area (Å²) in [6.07, 6.45) is 26.4. The van der Waals surface area contributed by atoms with Crippen LogP contribution in [0.25, 0.3) is 11.4 Å². The van der Waals surface area contributed by atoms with Gasteiger partial charge in [0.2, 0.25) is 0 Å². The van der Waals surface area contributed by atoms with Gasteiger partial charge in [0.05, 0.1) is 25.6 Å². The highest BCUT2D eigenvalue weighted by Crippen LogP contribution is 2.28. The molecule has 1 heterocycles. The van der Waals surface area contributed by atoms with Crippen molar-refractivity contribution in [2.75, 3.05) is 13.2 Å². The molecule has 35 heavy (non-hydrogen) atoms. The molecular weight excluding hydrogens is 432 g/mol. The number of aromatic nitrogens is 2. The largest absolute Gasteiger partial charge is 0.494 e. The zero-order valence-electron chi connectivity index (χ0n) is 22.2. The lowest BCUT2D eigenvalue weighted by Crippen LogP contribution is -2.06. The van der Waals surface area contributed by atoms with Gasteiger partial charge in [-0.05, 0) is 43.0 Å². The molecule has 1 aromatic carbocycles. The third-order valence-corrected chi connectivity index (χ3v) is 7.26. The fraction of sp³-hybridized carbons (Fsp3) is 0.677. The van der Waals surface area contributed by atoms with Gasteiger partial charge in [0, 0.05) is 5.56 Å². The molecule has 1 aliphatic carbocycles. The molecule has 3 rings (SSSR count). The molecule has 1 fully saturated rings. The smallest absolute Gasteiger partial charge is 0.159 e. The van der Waals surface area contributed by atoms with Crippen LogP contribution in [0.1, 0.15) is 116 Å². The van der Waals surface area contributed by atoms with Crippen molar-refractivity contribution >= 4 is 0 Å². The Labute approximate surface area is 214 Å². The molecule has 1 aromatic heterocycles. The van der Waals surface area contributed by atoms with Crippen molar-refractivity contribution in [3.05, 3.63) is 36.7 Å². The predicted molar refractivity (Wildman–Crippen MR) is 146 cm³/mol. The Bertz CT molecular complexity index is 770. The molecule has 0 bridgehead atoms. The summed E-state index contributed by atoms with van der Waals surface area (Å²) < 4.78 is 11.8. The van der Waals surface area contributed by atoms with Crippen LogP contribution in [0.3, 0.4) is 0 Å². The maximum absolute atomic E-state index is 5.94. The van der Waals surface area contributed by atoms with Crippen LogP contribution >= 0.6 is 0 Å². The van der Waals surface area contributed by atoms with Gasteiger partial charge in [0.1, 0.15) is 5.75 Å². The number of hydrogen-bond acceptors (Lipinski definition) is 4. The highest BCUT2D eigenvalue weighted by Gasteiger charge is 2.12. The Morgan fingerprint density at radius 2 is 1.23 bits per heavy atom. The molecule has 0 atom stereocenters. The second-order valence-electron chi connectivity index (χ2n) is 10.3. The van der Waals surface area contributed by atoms with Crippen molar-refractivity contribution in [2.45, 2.75) is 116 Å². The summed E-state index contributed by atoms with van der Waals surface area (Å²) in [7, 11) is 0. The van der Waals surface area contributed by atoms with E-state index in [1.54, 1.807) is 12.4 Å². The van der Waals surface area contributed by atoms with E-state index in [1.165, 1.54) is 96.3 Å². The van der Waals surface area contributed by atoms with E-state index in [2.05, 4.69) is 16.9 Å². The van der Waals surface area contributed by atoms with Gasteiger partial charge in [-0.25, -0.2) is 9.97 Å². The number of rotatable bonds is 18. The minimum atomic E-state index is 0.721. The molecule has 4 heteroatoms. The summed E-state index contributed by atoms with van der Waals surface area (Å²) >= 11 is 0. The van der Waals surface area contributed by atoms with Crippen molar-refractivity contribution < 1.29 is 9.47 Å². The second-order valence-corrected chi connectivity index (χ2v) is 10.3. The van der Waals surface area contributed by atoms with Gasteiger partial charge in [0.25, 0.3) is 0 Å². The summed E-state index contributed by atoms with van der Waals surface area (Å²) in [4.78, 5) is 8.99. The van der Waals surface area contributed by atoms with Crippen molar-refractivity contribution in [3.63, 3.8) is 0 Å². The first-order chi connectivity index (χ1) is 17.3. The summed E-state index contributed by atoms with van der Waals surface area (Å²) in [6.45, 7) is 3.80. The highest BCUT2D eigenvalue weighted by atomic mass is 16.5. The molecule has 0 radical (unpaired) electrons. The molecule has 194 valence electrons. The molecule has 0 aliphatic heterocycles. The first kappa shape index (κ1) is 27.5. The lowest BCUT2D eigenvalue weighted by molar-refractivity contribution is 0.293. The predicted octanol–water partition coefficient (Wildman–Crippen LogP) is 9.18. The molecule has 1 aliphatic rings. The van der Waals surface area contributed by atoms with Crippen LogP contribution < -0.4 is 9.47 Å². The average Bonchev–Trinajstić information content (AvgIpc) is 2.91. The van der Waals surface area contributed by atoms with Gasteiger partial charge in [-0.15, -0.1) is 0 Å². The van der Waals surface area contributed by atoms with E-state index >= 15 is 0 Å². The van der Waals surface area contributed by atoms with Gasteiger partial charge in [-0.2, -0.15) is 0 Å². The summed E-state index contributed by atoms with van der Waals surface area (Å²) in [5, 5.41) is 0. The Balaban J connectivity index is 1.25. The van der Waals surface area contributed by atoms with Crippen LogP contribution in [0, 0.1) is 5.92 Å². The minimum absolute atomic E-state index is 0.721. The van der Waals surface area contributed by atoms with Crippen LogP contribution in [0.15, 0.2) is 36.7 Å². The standard InChI is InChI=1S/C31H48N2O2/c1-2-3-4-5-6-7-8-14-24-35-30-25-32-31(33-26-30)28-19-21-29(22-20-28)34-23-15-10-13-18-27-16-11-9-12-17-27/h19-22,25-27H,2-18,23-24H2,1H3. The monoisotopic (exact) mass is 480 g/mol. The molecular formula is C31H48N2O2. The molecule has 4 nitrogen and oxygen atoms in total. The maximum Gasteiger partial charge on any atom is 0.159 e. The Morgan fingerprint density at radius 3 is 1.89 bits per heavy atom. The second kappa shape index (κ2) is 17.3. The lowest BCUT2D eigenvalue weighted by Gasteiger charge is -2.21. The quantitative estimate of drug-likeness (QED) is 0.199. The number of unbranched alkanes of at least 4 members (excludes halogenated alkanes) is 9. The van der Waals surface area contributed by atoms with Crippen LogP contribution in [0.4, 0.5) is 0 Å². The first-order valence-electron chi connectivity index (χ1n) is 14.5. The average molecular weight is 481 g/mol. The van der Waals surface area contributed by atoms with Gasteiger partial charge in [-0.1, -0.05) is 103 Å². The molecule has 0 N–H and O–H groups in total. The fourth-order valence-electron chi connectivity index (χ4n) is 5.04. The summed E-state index contributed by atoms with van der Waals surface area (Å²) in [5.41, 5.74) is 0.999. The lowest BCUT2D eigenvalue weighted by atomic mass is 9.86. The van der Waals surface area contributed by atoms with E-state index in [0.29, 0.717) is 0 Å². The van der Waals surface area contributed by atoms with E-state index in [9.17, 15) is 0 Å². The number of benzene rings is 1. The van der Waals surface area contributed by atoms with Crippen LogP contribution in [0.2, 0.25) is 0 Å². The normalized spacial score (nSPS) is 14.2. The van der Waals surface area contributed by atoms with Gasteiger partial charge >= 0.3 is 0 Å². The fourth-order valence-corrected chi connectivity index (χ4v) is 5.04. The third-order valence-electron chi connectivity index (χ3n) is 7.26. The van der Waals surface area contributed by atoms with E-state index in [-0.39, 0.29) is 0 Å². The summed E-state index contributed by atoms with van der Waals surface area (Å²) in [6, 6.07) is 8.12. The van der Waals surface area contributed by atoms with Crippen molar-refractivity contribution in [2.24, 2.45) is 5.92 Å². The molecule has 0 amide bonds. The Hall–Kier alpha value is -2.10. The number of nitrogens with zero attached hydrogens (tertiary/aromatic N) is 2. The van der Waals surface area contributed by atoms with Crippen molar-refractivity contribution in [1.82, 2.24) is 9.97 Å². The van der Waals surface area contributed by atoms with E-state index in [1.807, 2.05) is 24.3 Å². The van der Waals surface area contributed by atoms with Crippen LogP contribution in [0.5, 0.6) is 11.5 Å². The zero-order valence-corrected chi connectivity index (χ0v) is 22.2. The molecule has 2 aromatic rings. The van der Waals surface area contributed by atoms with Gasteiger partial charge in [0.15, 0.2) is 11.6 Å². The van der Waals surface area contributed by atoms with E-state index < -0.39 is 0 Å². The Morgan fingerprint density at radius 1 is 0.657 bits per heavy atom. The van der Waals surface area contributed by atoms with Crippen LogP contribution in [-0.2, 0) is 0 Å². The number of ether oxygens (including phenoxy) is 2. The van der Waals surface area contributed by atoms with E-state index in [4.69, 9.17) is 9.47 Å². The SMILES string of the molecule is CCCCCCCCCCOc1cnc(-c2ccc(OCCCCCC3CCCCC3)cc2)nc1. The number of hydrogen-bond donors (Lipinski definition) is 0. The van der Waals surface area contributed by atoms with Crippen molar-refractivity contribution in [3.8, 4) is 22.9 Å². The van der Waals surface area contributed by atoms with Crippen molar-refractivity contribution in [1.29, 1.82) is 0 Å². The highest BCUT2D eigenvalue weighted by molar-refractivity contribution is 5.56. The molecule has 0 unspecified atom stereocenters. The molecule has 1 saturated carbocycles. The van der Waals surface area contributed by atoms with E-state index in [0.717, 1.165) is 54.9 Å². The first-order valence-corrected chi connectivity index (χ1v) is 14.5. The van der Waals surface area contributed by atoms with Crippen LogP contribution in [-0.4, -0.2) is 23.2 Å². The Kier molecular flexibility index (Phi) is 13.6. The minimum Gasteiger partial charge on any atom is -0.494 e. The third kappa shape index (κ3) is 11.5. The van der Waals surface area contributed by atoms with Gasteiger partial charge < -0.3 is 9.47 Å².